The van der Waals surface area contributed by atoms with Gasteiger partial charge in [0, 0.05) is 4.88 Å². The summed E-state index contributed by atoms with van der Waals surface area (Å²) in [5.74, 6) is -0.0557. The fourth-order valence-electron chi connectivity index (χ4n) is 3.07. The number of amides is 1. The number of hydrogen-bond acceptors (Lipinski definition) is 2. The summed E-state index contributed by atoms with van der Waals surface area (Å²) in [6.07, 6.45) is 0. The van der Waals surface area contributed by atoms with Crippen molar-refractivity contribution < 1.29 is 4.79 Å². The van der Waals surface area contributed by atoms with Crippen LogP contribution in [-0.2, 0) is 0 Å². The molecule has 0 saturated carbocycles. The molecular formula is C24H19NOS. The second-order valence-corrected chi connectivity index (χ2v) is 7.34. The third kappa shape index (κ3) is 3.99. The van der Waals surface area contributed by atoms with Gasteiger partial charge in [-0.1, -0.05) is 91.0 Å². The highest BCUT2D eigenvalue weighted by atomic mass is 32.1. The molecule has 0 saturated heterocycles. The summed E-state index contributed by atoms with van der Waals surface area (Å²) < 4.78 is 0. The van der Waals surface area contributed by atoms with Crippen LogP contribution in [0.1, 0.15) is 26.8 Å². The van der Waals surface area contributed by atoms with Gasteiger partial charge in [0.05, 0.1) is 10.9 Å². The highest BCUT2D eigenvalue weighted by Crippen LogP contribution is 2.29. The van der Waals surface area contributed by atoms with Crippen LogP contribution < -0.4 is 5.32 Å². The molecule has 4 aromatic rings. The molecule has 0 aliphatic heterocycles. The van der Waals surface area contributed by atoms with Crippen molar-refractivity contribution in [2.45, 2.75) is 6.04 Å². The van der Waals surface area contributed by atoms with E-state index in [9.17, 15) is 4.79 Å². The fourth-order valence-corrected chi connectivity index (χ4v) is 3.98. The monoisotopic (exact) mass is 369 g/mol. The normalized spacial score (nSPS) is 10.7. The molecule has 0 radical (unpaired) electrons. The van der Waals surface area contributed by atoms with E-state index < -0.39 is 0 Å². The lowest BCUT2D eigenvalue weighted by Crippen LogP contribution is -2.28. The lowest BCUT2D eigenvalue weighted by Gasteiger charge is -2.19. The van der Waals surface area contributed by atoms with Gasteiger partial charge >= 0.3 is 0 Å². The van der Waals surface area contributed by atoms with Gasteiger partial charge in [0.25, 0.3) is 5.91 Å². The minimum absolute atomic E-state index is 0.0557. The summed E-state index contributed by atoms with van der Waals surface area (Å²) in [6, 6.07) is 34.0. The average molecular weight is 369 g/mol. The van der Waals surface area contributed by atoms with Gasteiger partial charge in [-0.25, -0.2) is 0 Å². The third-order valence-electron chi connectivity index (χ3n) is 4.43. The molecule has 3 aromatic carbocycles. The Bertz CT molecular complexity index is 970. The van der Waals surface area contributed by atoms with Crippen molar-refractivity contribution in [2.24, 2.45) is 0 Å². The van der Waals surface area contributed by atoms with Crippen molar-refractivity contribution in [2.75, 3.05) is 0 Å². The number of hydrogen-bond donors (Lipinski definition) is 1. The van der Waals surface area contributed by atoms with E-state index >= 15 is 0 Å². The van der Waals surface area contributed by atoms with Crippen LogP contribution in [0.2, 0.25) is 0 Å². The molecule has 3 heteroatoms. The highest BCUT2D eigenvalue weighted by molar-refractivity contribution is 7.17. The van der Waals surface area contributed by atoms with Crippen molar-refractivity contribution in [3.63, 3.8) is 0 Å². The van der Waals surface area contributed by atoms with Gasteiger partial charge in [0.1, 0.15) is 0 Å². The van der Waals surface area contributed by atoms with Crippen molar-refractivity contribution in [1.29, 1.82) is 0 Å². The van der Waals surface area contributed by atoms with Crippen LogP contribution in [0.15, 0.2) is 103 Å². The number of nitrogens with one attached hydrogen (secondary N) is 1. The molecule has 0 bridgehead atoms. The van der Waals surface area contributed by atoms with Crippen LogP contribution in [0.4, 0.5) is 0 Å². The van der Waals surface area contributed by atoms with Crippen LogP contribution >= 0.6 is 11.3 Å². The van der Waals surface area contributed by atoms with Crippen LogP contribution in [0.5, 0.6) is 0 Å². The Morgan fingerprint density at radius 2 is 1.19 bits per heavy atom. The Balaban J connectivity index is 1.60. The summed E-state index contributed by atoms with van der Waals surface area (Å²) in [5.41, 5.74) is 3.26. The zero-order valence-corrected chi connectivity index (χ0v) is 15.5. The standard InChI is InChI=1S/C24H19NOS/c26-24(22-17-16-21(27-22)18-10-4-1-5-11-18)25-23(19-12-6-2-7-13-19)20-14-8-3-9-15-20/h1-17,23H,(H,25,26). The van der Waals surface area contributed by atoms with E-state index in [0.29, 0.717) is 4.88 Å². The van der Waals surface area contributed by atoms with Crippen molar-refractivity contribution in [3.8, 4) is 10.4 Å². The Morgan fingerprint density at radius 1 is 0.667 bits per heavy atom. The quantitative estimate of drug-likeness (QED) is 0.464. The topological polar surface area (TPSA) is 29.1 Å². The molecule has 0 aliphatic rings. The summed E-state index contributed by atoms with van der Waals surface area (Å²) in [5, 5.41) is 3.20. The second-order valence-electron chi connectivity index (χ2n) is 6.26. The van der Waals surface area contributed by atoms with E-state index in [4.69, 9.17) is 0 Å². The van der Waals surface area contributed by atoms with Crippen molar-refractivity contribution in [1.82, 2.24) is 5.32 Å². The number of carbonyl (C=O) groups is 1. The minimum atomic E-state index is -0.179. The zero-order valence-electron chi connectivity index (χ0n) is 14.7. The second kappa shape index (κ2) is 8.02. The lowest BCUT2D eigenvalue weighted by molar-refractivity contribution is 0.0947. The summed E-state index contributed by atoms with van der Waals surface area (Å²) in [4.78, 5) is 14.8. The Labute approximate surface area is 163 Å². The summed E-state index contributed by atoms with van der Waals surface area (Å²) in [7, 11) is 0. The number of rotatable bonds is 5. The molecule has 0 spiro atoms. The number of benzene rings is 3. The van der Waals surface area contributed by atoms with Crippen LogP contribution in [0.25, 0.3) is 10.4 Å². The average Bonchev–Trinajstić information content (AvgIpc) is 3.24. The van der Waals surface area contributed by atoms with E-state index in [0.717, 1.165) is 21.6 Å². The molecule has 2 nitrogen and oxygen atoms in total. The smallest absolute Gasteiger partial charge is 0.262 e. The first-order valence-electron chi connectivity index (χ1n) is 8.87. The number of carbonyl (C=O) groups excluding carboxylic acids is 1. The van der Waals surface area contributed by atoms with Gasteiger partial charge in [-0.05, 0) is 28.8 Å². The van der Waals surface area contributed by atoms with E-state index in [2.05, 4.69) is 17.4 Å². The first kappa shape index (κ1) is 17.3. The molecule has 1 amide bonds. The number of thiophene rings is 1. The maximum atomic E-state index is 12.9. The van der Waals surface area contributed by atoms with Crippen LogP contribution in [-0.4, -0.2) is 5.91 Å². The predicted molar refractivity (Wildman–Crippen MR) is 112 cm³/mol. The molecule has 0 unspecified atom stereocenters. The maximum Gasteiger partial charge on any atom is 0.262 e. The molecule has 0 atom stereocenters. The summed E-state index contributed by atoms with van der Waals surface area (Å²) in [6.45, 7) is 0. The van der Waals surface area contributed by atoms with E-state index in [-0.39, 0.29) is 11.9 Å². The molecule has 0 fully saturated rings. The van der Waals surface area contributed by atoms with Gasteiger partial charge in [0.15, 0.2) is 0 Å². The Kier molecular flexibility index (Phi) is 5.13. The molecule has 27 heavy (non-hydrogen) atoms. The van der Waals surface area contributed by atoms with E-state index in [1.807, 2.05) is 91.0 Å². The first-order chi connectivity index (χ1) is 13.3. The molecule has 0 aliphatic carbocycles. The fraction of sp³-hybridized carbons (Fsp3) is 0.0417. The molecular weight excluding hydrogens is 350 g/mol. The third-order valence-corrected chi connectivity index (χ3v) is 5.56. The van der Waals surface area contributed by atoms with Gasteiger partial charge in [-0.2, -0.15) is 0 Å². The van der Waals surface area contributed by atoms with Crippen LogP contribution in [0.3, 0.4) is 0 Å². The SMILES string of the molecule is O=C(NC(c1ccccc1)c1ccccc1)c1ccc(-c2ccccc2)s1. The van der Waals surface area contributed by atoms with Crippen molar-refractivity contribution in [3.05, 3.63) is 119 Å². The van der Waals surface area contributed by atoms with Gasteiger partial charge in [0.2, 0.25) is 0 Å². The Hall–Kier alpha value is -3.17. The Morgan fingerprint density at radius 3 is 1.74 bits per heavy atom. The minimum Gasteiger partial charge on any atom is -0.340 e. The van der Waals surface area contributed by atoms with Crippen LogP contribution in [0, 0.1) is 0 Å². The molecule has 4 rings (SSSR count). The highest BCUT2D eigenvalue weighted by Gasteiger charge is 2.19. The zero-order chi connectivity index (χ0) is 18.5. The van der Waals surface area contributed by atoms with Gasteiger partial charge < -0.3 is 5.32 Å². The largest absolute Gasteiger partial charge is 0.340 e. The first-order valence-corrected chi connectivity index (χ1v) is 9.69. The molecule has 1 N–H and O–H groups in total. The van der Waals surface area contributed by atoms with E-state index in [1.54, 1.807) is 0 Å². The van der Waals surface area contributed by atoms with Gasteiger partial charge in [-0.15, -0.1) is 11.3 Å². The molecule has 1 heterocycles. The lowest BCUT2D eigenvalue weighted by atomic mass is 9.98. The van der Waals surface area contributed by atoms with E-state index in [1.165, 1.54) is 11.3 Å². The predicted octanol–water partition coefficient (Wildman–Crippen LogP) is 5.93. The summed E-state index contributed by atoms with van der Waals surface area (Å²) >= 11 is 1.51. The van der Waals surface area contributed by atoms with Crippen molar-refractivity contribution >= 4 is 17.2 Å². The van der Waals surface area contributed by atoms with Gasteiger partial charge in [-0.3, -0.25) is 4.79 Å². The maximum absolute atomic E-state index is 12.9. The molecule has 132 valence electrons. The molecule has 1 aromatic heterocycles.